The quantitative estimate of drug-likeness (QED) is 0.644. The molecule has 0 N–H and O–H groups in total. The van der Waals surface area contributed by atoms with Crippen molar-refractivity contribution in [1.29, 1.82) is 0 Å². The van der Waals surface area contributed by atoms with Crippen molar-refractivity contribution in [1.82, 2.24) is 4.67 Å². The fourth-order valence-corrected chi connectivity index (χ4v) is 10.1. The van der Waals surface area contributed by atoms with Crippen LogP contribution >= 0.6 is 20.9 Å². The van der Waals surface area contributed by atoms with Crippen molar-refractivity contribution in [3.63, 3.8) is 0 Å². The number of benzene rings is 2. The van der Waals surface area contributed by atoms with Gasteiger partial charge < -0.3 is 0 Å². The van der Waals surface area contributed by atoms with Crippen LogP contribution in [0.5, 0.6) is 0 Å². The van der Waals surface area contributed by atoms with E-state index in [4.69, 9.17) is 0 Å². The Bertz CT molecular complexity index is 606. The van der Waals surface area contributed by atoms with E-state index in [2.05, 4.69) is 87.5 Å². The summed E-state index contributed by atoms with van der Waals surface area (Å²) in [5.74, 6) is 0. The third kappa shape index (κ3) is 3.15. The number of hydrogen-bond donors (Lipinski definition) is 0. The first-order chi connectivity index (χ1) is 10.6. The molecule has 0 radical (unpaired) electrons. The van der Waals surface area contributed by atoms with Gasteiger partial charge in [-0.3, -0.25) is 0 Å². The molecule has 0 amide bonds. The molecular weight excluding hydrogens is 353 g/mol. The van der Waals surface area contributed by atoms with Gasteiger partial charge in [0.25, 0.3) is 0 Å². The second-order valence-electron chi connectivity index (χ2n) is 6.58. The van der Waals surface area contributed by atoms with E-state index in [1.807, 2.05) is 0 Å². The molecule has 1 saturated heterocycles. The summed E-state index contributed by atoms with van der Waals surface area (Å²) >= 11 is 4.35. The normalized spacial score (nSPS) is 18.5. The molecule has 0 aliphatic carbocycles. The third-order valence-corrected chi connectivity index (χ3v) is 12.8. The molecule has 0 unspecified atom stereocenters. The SMILES string of the molecule is CP(Br)(Cc1ccccc1)(c1ccccc1)N1CCCCC1. The molecule has 0 spiro atoms. The van der Waals surface area contributed by atoms with Crippen LogP contribution in [0.4, 0.5) is 0 Å². The summed E-state index contributed by atoms with van der Waals surface area (Å²) < 4.78 is 2.76. The minimum atomic E-state index is -2.31. The number of halogens is 1. The van der Waals surface area contributed by atoms with Gasteiger partial charge in [-0.15, -0.1) is 0 Å². The topological polar surface area (TPSA) is 3.24 Å². The second kappa shape index (κ2) is 6.43. The maximum atomic E-state index is 4.35. The summed E-state index contributed by atoms with van der Waals surface area (Å²) in [6.07, 6.45) is 5.10. The Kier molecular flexibility index (Phi) is 4.73. The van der Waals surface area contributed by atoms with E-state index >= 15 is 0 Å². The van der Waals surface area contributed by atoms with Crippen molar-refractivity contribution >= 4 is 26.3 Å². The summed E-state index contributed by atoms with van der Waals surface area (Å²) in [5, 5.41) is 1.47. The average molecular weight is 378 g/mol. The van der Waals surface area contributed by atoms with Crippen molar-refractivity contribution in [3.8, 4) is 0 Å². The molecule has 1 fully saturated rings. The molecule has 0 atom stereocenters. The molecular formula is C19H25BrNP. The zero-order valence-corrected chi connectivity index (χ0v) is 15.8. The number of rotatable bonds is 4. The molecule has 0 aromatic heterocycles. The Morgan fingerprint density at radius 2 is 1.41 bits per heavy atom. The Labute approximate surface area is 142 Å². The van der Waals surface area contributed by atoms with E-state index in [-0.39, 0.29) is 0 Å². The summed E-state index contributed by atoms with van der Waals surface area (Å²) in [7, 11) is 0. The molecule has 0 saturated carbocycles. The van der Waals surface area contributed by atoms with Crippen molar-refractivity contribution in [2.45, 2.75) is 25.4 Å². The van der Waals surface area contributed by atoms with Crippen molar-refractivity contribution in [3.05, 3.63) is 66.2 Å². The van der Waals surface area contributed by atoms with Gasteiger partial charge in [0.1, 0.15) is 0 Å². The molecule has 1 nitrogen and oxygen atoms in total. The van der Waals surface area contributed by atoms with Crippen LogP contribution in [0.3, 0.4) is 0 Å². The van der Waals surface area contributed by atoms with Crippen molar-refractivity contribution in [2.24, 2.45) is 0 Å². The summed E-state index contributed by atoms with van der Waals surface area (Å²) in [5.41, 5.74) is -0.890. The van der Waals surface area contributed by atoms with Crippen molar-refractivity contribution in [2.75, 3.05) is 19.8 Å². The van der Waals surface area contributed by atoms with Gasteiger partial charge in [-0.25, -0.2) is 0 Å². The zero-order chi connectivity index (χ0) is 15.5. The first-order valence-electron chi connectivity index (χ1n) is 8.16. The van der Waals surface area contributed by atoms with Crippen LogP contribution in [-0.2, 0) is 6.16 Å². The van der Waals surface area contributed by atoms with E-state index in [0.717, 1.165) is 6.16 Å². The number of hydrogen-bond acceptors (Lipinski definition) is 1. The third-order valence-electron chi connectivity index (χ3n) is 4.87. The minimum absolute atomic E-state index is 1.09. The molecule has 2 aromatic carbocycles. The van der Waals surface area contributed by atoms with Gasteiger partial charge in [-0.1, -0.05) is 0 Å². The van der Waals surface area contributed by atoms with E-state index in [0.29, 0.717) is 0 Å². The van der Waals surface area contributed by atoms with Gasteiger partial charge in [0.05, 0.1) is 0 Å². The predicted molar refractivity (Wildman–Crippen MR) is 103 cm³/mol. The number of piperidine rings is 1. The van der Waals surface area contributed by atoms with Crippen LogP contribution in [0.2, 0.25) is 0 Å². The molecule has 1 aliphatic rings. The molecule has 3 rings (SSSR count). The second-order valence-corrected chi connectivity index (χ2v) is 16.8. The van der Waals surface area contributed by atoms with Gasteiger partial charge in [-0.05, 0) is 0 Å². The van der Waals surface area contributed by atoms with Crippen LogP contribution in [0.1, 0.15) is 24.8 Å². The summed E-state index contributed by atoms with van der Waals surface area (Å²) in [6, 6.07) is 22.0. The average Bonchev–Trinajstić information content (AvgIpc) is 2.57. The first-order valence-corrected chi connectivity index (χ1v) is 13.0. The molecule has 3 heteroatoms. The number of nitrogens with zero attached hydrogens (tertiary/aromatic N) is 1. The maximum absolute atomic E-state index is 4.35. The molecule has 0 bridgehead atoms. The summed E-state index contributed by atoms with van der Waals surface area (Å²) in [4.78, 5) is 0. The Hall–Kier alpha value is -0.690. The van der Waals surface area contributed by atoms with E-state index in [9.17, 15) is 0 Å². The van der Waals surface area contributed by atoms with Crippen LogP contribution in [0.15, 0.2) is 60.7 Å². The van der Waals surface area contributed by atoms with Crippen LogP contribution in [0.25, 0.3) is 0 Å². The van der Waals surface area contributed by atoms with Gasteiger partial charge in [-0.2, -0.15) is 0 Å². The Balaban J connectivity index is 2.04. The van der Waals surface area contributed by atoms with Gasteiger partial charge >= 0.3 is 142 Å². The van der Waals surface area contributed by atoms with Gasteiger partial charge in [0.2, 0.25) is 0 Å². The molecule has 1 aliphatic heterocycles. The molecule has 118 valence electrons. The molecule has 22 heavy (non-hydrogen) atoms. The van der Waals surface area contributed by atoms with Crippen molar-refractivity contribution < 1.29 is 0 Å². The predicted octanol–water partition coefficient (Wildman–Crippen LogP) is 5.41. The summed E-state index contributed by atoms with van der Waals surface area (Å²) in [6.45, 7) is 4.90. The Morgan fingerprint density at radius 3 is 2.00 bits per heavy atom. The monoisotopic (exact) mass is 377 g/mol. The van der Waals surface area contributed by atoms with E-state index < -0.39 is 5.46 Å². The first kappa shape index (κ1) is 16.2. The van der Waals surface area contributed by atoms with Crippen LogP contribution < -0.4 is 5.30 Å². The van der Waals surface area contributed by atoms with Crippen LogP contribution in [0, 0.1) is 0 Å². The molecule has 2 aromatic rings. The van der Waals surface area contributed by atoms with E-state index in [1.54, 1.807) is 0 Å². The fraction of sp³-hybridized carbons (Fsp3) is 0.368. The van der Waals surface area contributed by atoms with Crippen LogP contribution in [-0.4, -0.2) is 24.4 Å². The van der Waals surface area contributed by atoms with Gasteiger partial charge in [0.15, 0.2) is 0 Å². The van der Waals surface area contributed by atoms with Gasteiger partial charge in [0, 0.05) is 0 Å². The standard InChI is InChI=1S/C19H25BrNP/c1-22(20,19-13-7-3-8-14-19,21-15-9-4-10-16-21)17-18-11-5-2-6-12-18/h2-3,5-8,11-14H,4,9-10,15-17H2,1H3. The zero-order valence-electron chi connectivity index (χ0n) is 13.3. The molecule has 1 heterocycles. The Morgan fingerprint density at radius 1 is 0.864 bits per heavy atom. The fourth-order valence-electron chi connectivity index (χ4n) is 3.56. The van der Waals surface area contributed by atoms with E-state index in [1.165, 1.54) is 43.2 Å².